The van der Waals surface area contributed by atoms with E-state index in [2.05, 4.69) is 10.6 Å². The van der Waals surface area contributed by atoms with Crippen molar-refractivity contribution in [3.63, 3.8) is 0 Å². The van der Waals surface area contributed by atoms with Crippen LogP contribution < -0.4 is 10.6 Å². The second-order valence-corrected chi connectivity index (χ2v) is 5.30. The predicted molar refractivity (Wildman–Crippen MR) is 73.4 cm³/mol. The van der Waals surface area contributed by atoms with Crippen LogP contribution in [0, 0.1) is 5.82 Å². The van der Waals surface area contributed by atoms with E-state index in [0.29, 0.717) is 12.5 Å². The summed E-state index contributed by atoms with van der Waals surface area (Å²) in [5.41, 5.74) is 1.04. The topological polar surface area (TPSA) is 41.1 Å². The van der Waals surface area contributed by atoms with Gasteiger partial charge in [-0.3, -0.25) is 4.79 Å². The van der Waals surface area contributed by atoms with Crippen molar-refractivity contribution in [1.82, 2.24) is 10.6 Å². The molecule has 104 valence electrons. The first-order valence-corrected chi connectivity index (χ1v) is 6.90. The Morgan fingerprint density at radius 2 is 2.21 bits per heavy atom. The van der Waals surface area contributed by atoms with E-state index in [9.17, 15) is 9.18 Å². The molecule has 0 spiro atoms. The van der Waals surface area contributed by atoms with E-state index in [1.54, 1.807) is 12.1 Å². The van der Waals surface area contributed by atoms with E-state index < -0.39 is 0 Å². The van der Waals surface area contributed by atoms with Gasteiger partial charge in [0, 0.05) is 18.5 Å². The third-order valence-electron chi connectivity index (χ3n) is 3.46. The van der Waals surface area contributed by atoms with Crippen LogP contribution in [0.3, 0.4) is 0 Å². The molecule has 1 amide bonds. The van der Waals surface area contributed by atoms with Gasteiger partial charge in [-0.2, -0.15) is 0 Å². The summed E-state index contributed by atoms with van der Waals surface area (Å²) in [6, 6.07) is 6.82. The van der Waals surface area contributed by atoms with Crippen molar-refractivity contribution in [1.29, 1.82) is 0 Å². The normalized spacial score (nSPS) is 20.2. The van der Waals surface area contributed by atoms with Crippen LogP contribution >= 0.6 is 0 Å². The van der Waals surface area contributed by atoms with Gasteiger partial charge < -0.3 is 10.6 Å². The molecule has 3 nitrogen and oxygen atoms in total. The highest BCUT2D eigenvalue weighted by Crippen LogP contribution is 2.09. The van der Waals surface area contributed by atoms with Crippen LogP contribution in [-0.4, -0.2) is 24.5 Å². The molecule has 2 N–H and O–H groups in total. The fourth-order valence-electron chi connectivity index (χ4n) is 2.51. The third kappa shape index (κ3) is 4.63. The van der Waals surface area contributed by atoms with E-state index >= 15 is 0 Å². The van der Waals surface area contributed by atoms with Crippen molar-refractivity contribution in [2.75, 3.05) is 6.54 Å². The van der Waals surface area contributed by atoms with E-state index in [1.165, 1.54) is 12.1 Å². The molecule has 1 fully saturated rings. The minimum Gasteiger partial charge on any atom is -0.353 e. The second-order valence-electron chi connectivity index (χ2n) is 5.30. The lowest BCUT2D eigenvalue weighted by Crippen LogP contribution is -2.37. The van der Waals surface area contributed by atoms with Crippen molar-refractivity contribution < 1.29 is 9.18 Å². The summed E-state index contributed by atoms with van der Waals surface area (Å²) in [4.78, 5) is 11.8. The van der Waals surface area contributed by atoms with Crippen molar-refractivity contribution in [2.24, 2.45) is 0 Å². The Labute approximate surface area is 113 Å². The van der Waals surface area contributed by atoms with Gasteiger partial charge in [-0.1, -0.05) is 12.1 Å². The largest absolute Gasteiger partial charge is 0.353 e. The van der Waals surface area contributed by atoms with Crippen molar-refractivity contribution in [3.05, 3.63) is 35.6 Å². The number of carbonyl (C=O) groups excluding carboxylic acids is 1. The summed E-state index contributed by atoms with van der Waals surface area (Å²) in [5.74, 6) is -0.137. The number of amides is 1. The third-order valence-corrected chi connectivity index (χ3v) is 3.46. The smallest absolute Gasteiger partial charge is 0.221 e. The molecular weight excluding hydrogens is 243 g/mol. The number of halogens is 1. The molecule has 1 heterocycles. The van der Waals surface area contributed by atoms with Crippen LogP contribution in [0.25, 0.3) is 0 Å². The van der Waals surface area contributed by atoms with Gasteiger partial charge in [0.1, 0.15) is 5.82 Å². The van der Waals surface area contributed by atoms with E-state index in [0.717, 1.165) is 31.4 Å². The lowest BCUT2D eigenvalue weighted by molar-refractivity contribution is -0.122. The van der Waals surface area contributed by atoms with Gasteiger partial charge in [0.2, 0.25) is 5.91 Å². The summed E-state index contributed by atoms with van der Waals surface area (Å²) in [5, 5.41) is 6.31. The molecule has 1 aromatic carbocycles. The van der Waals surface area contributed by atoms with E-state index in [1.807, 2.05) is 6.92 Å². The monoisotopic (exact) mass is 264 g/mol. The maximum absolute atomic E-state index is 12.8. The molecule has 0 bridgehead atoms. The van der Waals surface area contributed by atoms with Crippen LogP contribution in [0.4, 0.5) is 4.39 Å². The van der Waals surface area contributed by atoms with E-state index in [-0.39, 0.29) is 17.8 Å². The summed E-state index contributed by atoms with van der Waals surface area (Å²) in [6.45, 7) is 2.99. The first-order valence-electron chi connectivity index (χ1n) is 6.90. The molecule has 1 aliphatic heterocycles. The summed E-state index contributed by atoms with van der Waals surface area (Å²) >= 11 is 0. The molecule has 0 aliphatic carbocycles. The van der Waals surface area contributed by atoms with Gasteiger partial charge in [0.05, 0.1) is 0 Å². The number of rotatable bonds is 5. The number of nitrogens with one attached hydrogen (secondary N) is 2. The maximum atomic E-state index is 12.8. The number of carbonyl (C=O) groups is 1. The molecule has 19 heavy (non-hydrogen) atoms. The zero-order chi connectivity index (χ0) is 13.7. The van der Waals surface area contributed by atoms with Crippen molar-refractivity contribution in [2.45, 2.75) is 44.7 Å². The number of hydrogen-bond acceptors (Lipinski definition) is 2. The van der Waals surface area contributed by atoms with Gasteiger partial charge in [-0.15, -0.1) is 0 Å². The predicted octanol–water partition coefficient (Wildman–Crippen LogP) is 2.02. The molecule has 1 aromatic rings. The van der Waals surface area contributed by atoms with Crippen LogP contribution in [0.5, 0.6) is 0 Å². The van der Waals surface area contributed by atoms with Crippen molar-refractivity contribution in [3.8, 4) is 0 Å². The molecular formula is C15H21FN2O. The zero-order valence-electron chi connectivity index (χ0n) is 11.3. The zero-order valence-corrected chi connectivity index (χ0v) is 11.3. The Morgan fingerprint density at radius 1 is 1.47 bits per heavy atom. The summed E-state index contributed by atoms with van der Waals surface area (Å²) < 4.78 is 12.8. The lowest BCUT2D eigenvalue weighted by atomic mass is 10.1. The quantitative estimate of drug-likeness (QED) is 0.854. The van der Waals surface area contributed by atoms with Gasteiger partial charge >= 0.3 is 0 Å². The molecule has 0 radical (unpaired) electrons. The Kier molecular flexibility index (Phi) is 4.91. The lowest BCUT2D eigenvalue weighted by Gasteiger charge is -2.16. The Morgan fingerprint density at radius 3 is 2.84 bits per heavy atom. The highest BCUT2D eigenvalue weighted by molar-refractivity contribution is 5.76. The van der Waals surface area contributed by atoms with Crippen LogP contribution in [0.2, 0.25) is 0 Å². The molecule has 1 aliphatic rings. The number of benzene rings is 1. The Hall–Kier alpha value is -1.42. The van der Waals surface area contributed by atoms with Crippen LogP contribution in [0.1, 0.15) is 31.7 Å². The Bertz CT molecular complexity index is 413. The van der Waals surface area contributed by atoms with Gasteiger partial charge in [0.15, 0.2) is 0 Å². The van der Waals surface area contributed by atoms with E-state index in [4.69, 9.17) is 0 Å². The standard InChI is InChI=1S/C15H21FN2O/c1-11(9-12-4-6-13(16)7-5-12)18-15(19)10-14-3-2-8-17-14/h4-7,11,14,17H,2-3,8-10H2,1H3,(H,18,19). The molecule has 2 rings (SSSR count). The second kappa shape index (κ2) is 6.66. The minimum absolute atomic E-state index is 0.0689. The van der Waals surface area contributed by atoms with Crippen molar-refractivity contribution >= 4 is 5.91 Å². The highest BCUT2D eigenvalue weighted by Gasteiger charge is 2.18. The molecule has 0 saturated carbocycles. The maximum Gasteiger partial charge on any atom is 0.221 e. The minimum atomic E-state index is -0.229. The van der Waals surface area contributed by atoms with Gasteiger partial charge in [-0.25, -0.2) is 4.39 Å². The molecule has 2 unspecified atom stereocenters. The molecule has 1 saturated heterocycles. The first-order chi connectivity index (χ1) is 9.13. The average molecular weight is 264 g/mol. The van der Waals surface area contributed by atoms with Gasteiger partial charge in [-0.05, 0) is 50.4 Å². The first kappa shape index (κ1) is 14.0. The molecule has 2 atom stereocenters. The van der Waals surface area contributed by atoms with Crippen LogP contribution in [-0.2, 0) is 11.2 Å². The Balaban J connectivity index is 1.75. The fraction of sp³-hybridized carbons (Fsp3) is 0.533. The average Bonchev–Trinajstić information content (AvgIpc) is 2.84. The highest BCUT2D eigenvalue weighted by atomic mass is 19.1. The number of hydrogen-bond donors (Lipinski definition) is 2. The van der Waals surface area contributed by atoms with Crippen LogP contribution in [0.15, 0.2) is 24.3 Å². The summed E-state index contributed by atoms with van der Waals surface area (Å²) in [7, 11) is 0. The molecule has 4 heteroatoms. The SMILES string of the molecule is CC(Cc1ccc(F)cc1)NC(=O)CC1CCCN1. The fourth-order valence-corrected chi connectivity index (χ4v) is 2.51. The molecule has 0 aromatic heterocycles. The summed E-state index contributed by atoms with van der Waals surface area (Å²) in [6.07, 6.45) is 3.51. The van der Waals surface area contributed by atoms with Gasteiger partial charge in [0.25, 0.3) is 0 Å².